The Morgan fingerprint density at radius 2 is 1.76 bits per heavy atom. The summed E-state index contributed by atoms with van der Waals surface area (Å²) in [6.07, 6.45) is 0.994. The lowest BCUT2D eigenvalue weighted by atomic mass is 10.1. The molecule has 136 valence electrons. The lowest BCUT2D eigenvalue weighted by molar-refractivity contribution is -0.117. The summed E-state index contributed by atoms with van der Waals surface area (Å²) in [6, 6.07) is 7.18. The van der Waals surface area contributed by atoms with E-state index in [1.165, 1.54) is 4.90 Å². The molecule has 1 heterocycles. The van der Waals surface area contributed by atoms with Crippen LogP contribution in [0.2, 0.25) is 0 Å². The molecule has 0 N–H and O–H groups in total. The summed E-state index contributed by atoms with van der Waals surface area (Å²) in [4.78, 5) is 26.0. The Kier molecular flexibility index (Phi) is 7.70. The molecule has 1 aliphatic rings. The van der Waals surface area contributed by atoms with E-state index in [0.717, 1.165) is 17.5 Å². The Labute approximate surface area is 151 Å². The minimum Gasteiger partial charge on any atom is -0.444 e. The van der Waals surface area contributed by atoms with Crippen LogP contribution in [-0.2, 0) is 9.53 Å². The van der Waals surface area contributed by atoms with Gasteiger partial charge in [-0.15, -0.1) is 0 Å². The zero-order valence-electron chi connectivity index (χ0n) is 16.2. The third-order valence-electron chi connectivity index (χ3n) is 3.57. The Balaban J connectivity index is 0.00000151. The van der Waals surface area contributed by atoms with E-state index in [1.807, 2.05) is 65.8 Å². The molecule has 0 radical (unpaired) electrons. The molecule has 0 spiro atoms. The number of amides is 1. The van der Waals surface area contributed by atoms with Gasteiger partial charge in [0.25, 0.3) is 0 Å². The van der Waals surface area contributed by atoms with Gasteiger partial charge in [0.05, 0.1) is 0 Å². The van der Waals surface area contributed by atoms with Gasteiger partial charge in [-0.2, -0.15) is 0 Å². The molecule has 0 aromatic heterocycles. The van der Waals surface area contributed by atoms with Crippen LogP contribution in [0.15, 0.2) is 24.3 Å². The van der Waals surface area contributed by atoms with Gasteiger partial charge in [-0.3, -0.25) is 9.69 Å². The number of ether oxygens (including phenoxy) is 1. The van der Waals surface area contributed by atoms with Crippen molar-refractivity contribution in [3.8, 4) is 11.8 Å². The van der Waals surface area contributed by atoms with E-state index < -0.39 is 17.7 Å². The summed E-state index contributed by atoms with van der Waals surface area (Å²) in [5.41, 5.74) is 1.38. The summed E-state index contributed by atoms with van der Waals surface area (Å²) in [5.74, 6) is 5.32. The van der Waals surface area contributed by atoms with Crippen molar-refractivity contribution < 1.29 is 14.3 Å². The van der Waals surface area contributed by atoms with E-state index >= 15 is 0 Å². The van der Waals surface area contributed by atoms with Crippen LogP contribution < -0.4 is 0 Å². The molecule has 4 heteroatoms. The second-order valence-corrected chi connectivity index (χ2v) is 6.81. The fourth-order valence-electron chi connectivity index (χ4n) is 2.43. The lowest BCUT2D eigenvalue weighted by Gasteiger charge is -2.27. The Hall–Kier alpha value is -2.28. The summed E-state index contributed by atoms with van der Waals surface area (Å²) in [6.45, 7) is 12.0. The van der Waals surface area contributed by atoms with E-state index in [1.54, 1.807) is 0 Å². The van der Waals surface area contributed by atoms with Crippen molar-refractivity contribution in [2.75, 3.05) is 6.54 Å². The fourth-order valence-corrected chi connectivity index (χ4v) is 2.43. The van der Waals surface area contributed by atoms with Crippen molar-refractivity contribution in [1.82, 2.24) is 4.90 Å². The number of benzene rings is 1. The van der Waals surface area contributed by atoms with Crippen molar-refractivity contribution in [3.63, 3.8) is 0 Å². The van der Waals surface area contributed by atoms with Crippen LogP contribution in [0.4, 0.5) is 4.79 Å². The van der Waals surface area contributed by atoms with Crippen molar-refractivity contribution in [2.24, 2.45) is 0 Å². The highest BCUT2D eigenvalue weighted by molar-refractivity contribution is 6.01. The third kappa shape index (κ3) is 6.62. The van der Waals surface area contributed by atoms with Gasteiger partial charge in [0.2, 0.25) is 5.78 Å². The zero-order chi connectivity index (χ0) is 19.0. The van der Waals surface area contributed by atoms with Crippen molar-refractivity contribution >= 4 is 11.9 Å². The lowest BCUT2D eigenvalue weighted by Crippen LogP contribution is -2.43. The largest absolute Gasteiger partial charge is 0.444 e. The number of carbonyl (C=O) groups is 2. The highest BCUT2D eigenvalue weighted by Gasteiger charge is 2.35. The molecule has 4 nitrogen and oxygen atoms in total. The highest BCUT2D eigenvalue weighted by Crippen LogP contribution is 2.21. The molecular formula is C21H29NO3. The van der Waals surface area contributed by atoms with Gasteiger partial charge in [0.15, 0.2) is 0 Å². The van der Waals surface area contributed by atoms with Crippen LogP contribution in [0.5, 0.6) is 0 Å². The van der Waals surface area contributed by atoms with E-state index in [-0.39, 0.29) is 5.78 Å². The number of nitrogens with zero attached hydrogens (tertiary/aromatic N) is 1. The third-order valence-corrected chi connectivity index (χ3v) is 3.57. The van der Waals surface area contributed by atoms with Crippen molar-refractivity contribution in [2.45, 2.75) is 66.0 Å². The number of carbonyl (C=O) groups excluding carboxylic acids is 2. The second-order valence-electron chi connectivity index (χ2n) is 6.81. The van der Waals surface area contributed by atoms with Gasteiger partial charge >= 0.3 is 6.09 Å². The normalized spacial score (nSPS) is 16.2. The molecule has 25 heavy (non-hydrogen) atoms. The monoisotopic (exact) mass is 343 g/mol. The van der Waals surface area contributed by atoms with Gasteiger partial charge in [0.1, 0.15) is 11.6 Å². The quantitative estimate of drug-likeness (QED) is 0.713. The van der Waals surface area contributed by atoms with Crippen LogP contribution >= 0.6 is 0 Å². The number of likely N-dealkylation sites (tertiary alicyclic amines) is 1. The molecule has 1 aromatic carbocycles. The molecule has 1 fully saturated rings. The smallest absolute Gasteiger partial charge is 0.410 e. The maximum atomic E-state index is 12.3. The molecule has 1 aromatic rings. The number of Topliss-reactive ketones (excluding diaryl/α,β-unsaturated/α-hetero) is 1. The first kappa shape index (κ1) is 20.8. The first-order valence-electron chi connectivity index (χ1n) is 8.88. The molecule has 0 aliphatic carbocycles. The molecule has 1 amide bonds. The molecule has 1 unspecified atom stereocenters. The maximum absolute atomic E-state index is 12.3. The van der Waals surface area contributed by atoms with Crippen LogP contribution in [0, 0.1) is 18.8 Å². The van der Waals surface area contributed by atoms with Gasteiger partial charge < -0.3 is 4.74 Å². The average Bonchev–Trinajstić information content (AvgIpc) is 3.04. The van der Waals surface area contributed by atoms with E-state index in [9.17, 15) is 9.59 Å². The van der Waals surface area contributed by atoms with Crippen LogP contribution in [-0.4, -0.2) is 35.0 Å². The Bertz CT molecular complexity index is 644. The number of ketones is 1. The molecule has 1 atom stereocenters. The zero-order valence-corrected chi connectivity index (χ0v) is 16.2. The molecule has 2 rings (SSSR count). The minimum atomic E-state index is -0.569. The summed E-state index contributed by atoms with van der Waals surface area (Å²) < 4.78 is 5.36. The first-order chi connectivity index (χ1) is 11.8. The van der Waals surface area contributed by atoms with E-state index in [4.69, 9.17) is 4.74 Å². The average molecular weight is 343 g/mol. The molecular weight excluding hydrogens is 314 g/mol. The standard InChI is InChI=1S/C19H23NO3.C2H6/c1-14-7-9-15(10-8-14)11-12-17(21)16-6-5-13-20(16)18(22)23-19(2,3)4;1-2/h7-10,16H,5-6,13H2,1-4H3;1-2H3. The van der Waals surface area contributed by atoms with Gasteiger partial charge in [0, 0.05) is 12.1 Å². The van der Waals surface area contributed by atoms with Crippen LogP contribution in [0.3, 0.4) is 0 Å². The number of rotatable bonds is 1. The van der Waals surface area contributed by atoms with E-state index in [0.29, 0.717) is 13.0 Å². The van der Waals surface area contributed by atoms with Gasteiger partial charge in [-0.1, -0.05) is 37.5 Å². The van der Waals surface area contributed by atoms with Gasteiger partial charge in [-0.05, 0) is 58.6 Å². The van der Waals surface area contributed by atoms with Crippen LogP contribution in [0.25, 0.3) is 0 Å². The second kappa shape index (κ2) is 9.27. The summed E-state index contributed by atoms with van der Waals surface area (Å²) in [7, 11) is 0. The Morgan fingerprint density at radius 3 is 2.32 bits per heavy atom. The van der Waals surface area contributed by atoms with Crippen molar-refractivity contribution in [3.05, 3.63) is 35.4 Å². The molecule has 0 saturated carbocycles. The topological polar surface area (TPSA) is 46.6 Å². The van der Waals surface area contributed by atoms with Crippen molar-refractivity contribution in [1.29, 1.82) is 0 Å². The van der Waals surface area contributed by atoms with Crippen LogP contribution in [0.1, 0.15) is 58.6 Å². The van der Waals surface area contributed by atoms with E-state index in [2.05, 4.69) is 11.8 Å². The predicted octanol–water partition coefficient (Wildman–Crippen LogP) is 4.34. The molecule has 1 saturated heterocycles. The highest BCUT2D eigenvalue weighted by atomic mass is 16.6. The molecule has 0 bridgehead atoms. The summed E-state index contributed by atoms with van der Waals surface area (Å²) in [5, 5.41) is 0. The first-order valence-corrected chi connectivity index (χ1v) is 8.88. The number of hydrogen-bond donors (Lipinski definition) is 0. The maximum Gasteiger partial charge on any atom is 0.410 e. The summed E-state index contributed by atoms with van der Waals surface area (Å²) >= 11 is 0. The predicted molar refractivity (Wildman–Crippen MR) is 100 cm³/mol. The Morgan fingerprint density at radius 1 is 1.16 bits per heavy atom. The number of hydrogen-bond acceptors (Lipinski definition) is 3. The van der Waals surface area contributed by atoms with Gasteiger partial charge in [-0.25, -0.2) is 4.79 Å². The molecule has 1 aliphatic heterocycles. The fraction of sp³-hybridized carbons (Fsp3) is 0.524. The SMILES string of the molecule is CC.Cc1ccc(C#CC(=O)C2CCCN2C(=O)OC(C)(C)C)cc1. The number of aryl methyl sites for hydroxylation is 1. The minimum absolute atomic E-state index is 0.228.